The number of hydrogen-bond acceptors (Lipinski definition) is 5. The Morgan fingerprint density at radius 3 is 1.73 bits per heavy atom. The van der Waals surface area contributed by atoms with Gasteiger partial charge in [-0.15, -0.1) is 11.3 Å². The standard InChI is InChI=1S/C61H71BN4S/c1-36-63-54-51-55(64-36)66(48-27-22-39(57(5,6)7)32-43(48)37-18-20-38(21-19-37)56(2,3)4)49-28-23-41(59(11,12)13)34-47(49)62(51)53-52(44-33-40(58(8,9)10)24-29-50(44)67-53)65(54)42-25-26-45-46(35-42)61(16,17)31-30-60(45,14)15/h18-29,32-35H,30-31H2,1-17H3/i18D,19D,20D,21D,22D,23D,24D,27D,28D,29D,32D,33D,34D. The van der Waals surface area contributed by atoms with Crippen molar-refractivity contribution in [2.75, 3.05) is 9.80 Å². The van der Waals surface area contributed by atoms with E-state index in [-0.39, 0.29) is 128 Å². The Kier molecular flexibility index (Phi) is 7.24. The van der Waals surface area contributed by atoms with E-state index in [0.717, 1.165) is 18.4 Å². The smallest absolute Gasteiger partial charge is 0.268 e. The molecule has 344 valence electrons. The zero-order valence-electron chi connectivity index (χ0n) is 55.4. The summed E-state index contributed by atoms with van der Waals surface area (Å²) in [6, 6.07) is 2.91. The Balaban J connectivity index is 1.48. The van der Waals surface area contributed by atoms with Crippen molar-refractivity contribution in [3.05, 3.63) is 136 Å². The summed E-state index contributed by atoms with van der Waals surface area (Å²) in [7, 11) is 0. The molecular weight excluding hydrogens is 832 g/mol. The van der Waals surface area contributed by atoms with Gasteiger partial charge in [0.25, 0.3) is 6.71 Å². The number of nitrogens with zero attached hydrogens (tertiary/aromatic N) is 4. The third-order valence-corrected chi connectivity index (χ3v) is 15.2. The zero-order valence-corrected chi connectivity index (χ0v) is 43.2. The highest BCUT2D eigenvalue weighted by Gasteiger charge is 2.48. The van der Waals surface area contributed by atoms with Crippen molar-refractivity contribution < 1.29 is 17.8 Å². The highest BCUT2D eigenvalue weighted by Crippen LogP contribution is 2.52. The quantitative estimate of drug-likeness (QED) is 0.165. The lowest BCUT2D eigenvalue weighted by atomic mass is 9.36. The van der Waals surface area contributed by atoms with Crippen molar-refractivity contribution in [1.82, 2.24) is 9.97 Å². The minimum Gasteiger partial charge on any atom is -0.295 e. The molecule has 10 rings (SSSR count). The van der Waals surface area contributed by atoms with Gasteiger partial charge in [-0.25, -0.2) is 9.97 Å². The van der Waals surface area contributed by atoms with Gasteiger partial charge in [-0.05, 0) is 139 Å². The summed E-state index contributed by atoms with van der Waals surface area (Å²) in [6.07, 6.45) is 1.89. The number of anilines is 6. The molecular formula is C61H71BN4S. The van der Waals surface area contributed by atoms with Gasteiger partial charge in [-0.2, -0.15) is 0 Å². The third-order valence-electron chi connectivity index (χ3n) is 14.0. The maximum atomic E-state index is 10.6. The van der Waals surface area contributed by atoms with Gasteiger partial charge in [0, 0.05) is 37.3 Å². The van der Waals surface area contributed by atoms with Gasteiger partial charge in [-0.3, -0.25) is 9.80 Å². The van der Waals surface area contributed by atoms with Crippen LogP contribution < -0.4 is 25.5 Å². The average Bonchev–Trinajstić information content (AvgIpc) is 2.54. The second kappa shape index (κ2) is 14.9. The van der Waals surface area contributed by atoms with Crippen molar-refractivity contribution in [2.45, 2.75) is 163 Å². The molecule has 3 aliphatic rings. The SMILES string of the molecule is [2H]c1c([2H])c(C(C)(C)C)c([2H])c([2H])c1-c1c([2H])c(C(C)(C)C)c([2H])c([2H])c1N1c2nc(C)nc3c2B(c2sc4c([2H])c([2H])c(C(C)(C)C)c([2H])c4c2N3c2ccc3c(c2)C(C)(C)CCC3(C)C)c2c([2H])c(C(C)(C)C)c([2H])c([2H])c21. The van der Waals surface area contributed by atoms with Gasteiger partial charge in [0.05, 0.1) is 29.2 Å². The Morgan fingerprint density at radius 2 is 1.12 bits per heavy atom. The predicted molar refractivity (Wildman–Crippen MR) is 292 cm³/mol. The van der Waals surface area contributed by atoms with Crippen molar-refractivity contribution >= 4 is 78.2 Å². The fraction of sp³-hybridized carbons (Fsp3) is 0.410. The summed E-state index contributed by atoms with van der Waals surface area (Å²) >= 11 is 1.24. The van der Waals surface area contributed by atoms with Crippen LogP contribution in [0.15, 0.2) is 96.8 Å². The number of aromatic nitrogens is 2. The van der Waals surface area contributed by atoms with E-state index in [9.17, 15) is 17.8 Å². The predicted octanol–water partition coefficient (Wildman–Crippen LogP) is 15.3. The summed E-state index contributed by atoms with van der Waals surface area (Å²) in [5.74, 6) is 0.639. The van der Waals surface area contributed by atoms with Gasteiger partial charge >= 0.3 is 0 Å². The molecule has 5 aromatic carbocycles. The molecule has 0 saturated carbocycles. The van der Waals surface area contributed by atoms with Crippen LogP contribution in [0.4, 0.5) is 34.4 Å². The number of hydrogen-bond donors (Lipinski definition) is 0. The Bertz CT molecular complexity index is 3880. The number of benzene rings is 5. The molecule has 4 nitrogen and oxygen atoms in total. The van der Waals surface area contributed by atoms with Gasteiger partial charge in [-0.1, -0.05) is 165 Å². The molecule has 0 unspecified atom stereocenters. The van der Waals surface area contributed by atoms with Crippen LogP contribution in [0.25, 0.3) is 21.2 Å². The minimum absolute atomic E-state index is 0.0588. The van der Waals surface area contributed by atoms with E-state index < -0.39 is 46.5 Å². The molecule has 0 atom stereocenters. The fourth-order valence-corrected chi connectivity index (χ4v) is 11.0. The molecule has 2 aliphatic heterocycles. The van der Waals surface area contributed by atoms with Gasteiger partial charge in [0.15, 0.2) is 0 Å². The first-order valence-corrected chi connectivity index (χ1v) is 24.5. The van der Waals surface area contributed by atoms with E-state index in [1.54, 1.807) is 48.5 Å². The average molecular weight is 916 g/mol. The van der Waals surface area contributed by atoms with E-state index >= 15 is 0 Å². The summed E-state index contributed by atoms with van der Waals surface area (Å²) in [5.41, 5.74) is 0.457. The molecule has 0 N–H and O–H groups in total. The van der Waals surface area contributed by atoms with Crippen LogP contribution in [0.2, 0.25) is 0 Å². The first-order chi connectivity index (χ1) is 36.6. The van der Waals surface area contributed by atoms with Crippen LogP contribution in [0.5, 0.6) is 0 Å². The summed E-state index contributed by atoms with van der Waals surface area (Å²) in [4.78, 5) is 14.1. The lowest BCUT2D eigenvalue weighted by Gasteiger charge is -2.44. The maximum absolute atomic E-state index is 10.6. The summed E-state index contributed by atoms with van der Waals surface area (Å²) in [6.45, 7) is 31.9. The van der Waals surface area contributed by atoms with E-state index in [1.807, 2.05) is 46.4 Å². The highest BCUT2D eigenvalue weighted by molar-refractivity contribution is 7.33. The van der Waals surface area contributed by atoms with Crippen molar-refractivity contribution in [3.63, 3.8) is 0 Å². The number of fused-ring (bicyclic) bond motifs is 7. The number of thiophene rings is 1. The zero-order chi connectivity index (χ0) is 59.4. The van der Waals surface area contributed by atoms with Crippen molar-refractivity contribution in [2.24, 2.45) is 0 Å². The first kappa shape index (κ1) is 32.5. The highest BCUT2D eigenvalue weighted by atomic mass is 32.1. The number of rotatable bonds is 3. The monoisotopic (exact) mass is 916 g/mol. The van der Waals surface area contributed by atoms with E-state index in [0.29, 0.717) is 43.1 Å². The molecule has 7 aromatic rings. The lowest BCUT2D eigenvalue weighted by molar-refractivity contribution is 0.332. The molecule has 0 spiro atoms. The van der Waals surface area contributed by atoms with Crippen LogP contribution in [0.3, 0.4) is 0 Å². The second-order valence-corrected chi connectivity index (χ2v) is 25.5. The van der Waals surface area contributed by atoms with Crippen LogP contribution in [0.1, 0.15) is 181 Å². The van der Waals surface area contributed by atoms with Crippen molar-refractivity contribution in [3.8, 4) is 11.1 Å². The summed E-state index contributed by atoms with van der Waals surface area (Å²) < 4.78 is 130. The maximum Gasteiger partial charge on any atom is 0.268 e. The number of aryl methyl sites for hydroxylation is 1. The van der Waals surface area contributed by atoms with Crippen LogP contribution in [-0.2, 0) is 32.5 Å². The Hall–Kier alpha value is -5.20. The molecule has 1 aliphatic carbocycles. The molecule has 2 aromatic heterocycles. The molecule has 0 radical (unpaired) electrons. The largest absolute Gasteiger partial charge is 0.295 e. The van der Waals surface area contributed by atoms with E-state index in [1.165, 1.54) is 21.8 Å². The van der Waals surface area contributed by atoms with Gasteiger partial charge < -0.3 is 0 Å². The van der Waals surface area contributed by atoms with Crippen LogP contribution in [0, 0.1) is 6.92 Å². The van der Waals surface area contributed by atoms with Gasteiger partial charge in [0.2, 0.25) is 0 Å². The molecule has 67 heavy (non-hydrogen) atoms. The molecule has 0 saturated heterocycles. The molecule has 4 heterocycles. The topological polar surface area (TPSA) is 32.3 Å². The summed E-state index contributed by atoms with van der Waals surface area (Å²) in [5, 5.41) is 0.430. The van der Waals surface area contributed by atoms with Crippen molar-refractivity contribution in [1.29, 1.82) is 0 Å². The Labute approximate surface area is 424 Å². The lowest BCUT2D eigenvalue weighted by Crippen LogP contribution is -2.61. The molecule has 0 amide bonds. The van der Waals surface area contributed by atoms with E-state index in [4.69, 9.17) is 9.97 Å². The van der Waals surface area contributed by atoms with E-state index in [2.05, 4.69) is 45.9 Å². The van der Waals surface area contributed by atoms with Crippen LogP contribution >= 0.6 is 11.3 Å². The Morgan fingerprint density at radius 1 is 0.597 bits per heavy atom. The van der Waals surface area contributed by atoms with Crippen LogP contribution in [-0.4, -0.2) is 16.7 Å². The second-order valence-electron chi connectivity index (χ2n) is 24.4. The van der Waals surface area contributed by atoms with Gasteiger partial charge in [0.1, 0.15) is 17.5 Å². The fourth-order valence-electron chi connectivity index (χ4n) is 9.78. The normalized spacial score (nSPS) is 19.2. The third kappa shape index (κ3) is 7.47. The molecule has 0 fully saturated rings. The minimum atomic E-state index is -1.03. The molecule has 0 bridgehead atoms. The molecule has 6 heteroatoms. The first-order valence-electron chi connectivity index (χ1n) is 30.2.